The van der Waals surface area contributed by atoms with Crippen LogP contribution in [0.3, 0.4) is 0 Å². The maximum atomic E-state index is 9.25. The lowest BCUT2D eigenvalue weighted by Crippen LogP contribution is -2.55. The number of aliphatic hydroxyl groups excluding tert-OH is 1. The zero-order valence-corrected chi connectivity index (χ0v) is 9.27. The first kappa shape index (κ1) is 11.9. The van der Waals surface area contributed by atoms with E-state index >= 15 is 0 Å². The zero-order chi connectivity index (χ0) is 10.7. The molecule has 1 unspecified atom stereocenters. The smallest absolute Gasteiger partial charge is 0.109 e. The lowest BCUT2D eigenvalue weighted by molar-refractivity contribution is -0.212. The van der Waals surface area contributed by atoms with E-state index in [0.717, 1.165) is 0 Å². The van der Waals surface area contributed by atoms with Gasteiger partial charge < -0.3 is 19.3 Å². The molecule has 14 heavy (non-hydrogen) atoms. The van der Waals surface area contributed by atoms with Gasteiger partial charge in [-0.25, -0.2) is 0 Å². The fourth-order valence-corrected chi connectivity index (χ4v) is 2.18. The number of hydrogen-bond donors (Lipinski definition) is 1. The summed E-state index contributed by atoms with van der Waals surface area (Å²) in [4.78, 5) is 0. The zero-order valence-electron chi connectivity index (χ0n) is 9.27. The van der Waals surface area contributed by atoms with Crippen molar-refractivity contribution in [1.29, 1.82) is 0 Å². The van der Waals surface area contributed by atoms with Crippen molar-refractivity contribution >= 4 is 0 Å². The van der Waals surface area contributed by atoms with Gasteiger partial charge in [-0.05, 0) is 13.8 Å². The quantitative estimate of drug-likeness (QED) is 0.724. The summed E-state index contributed by atoms with van der Waals surface area (Å²) in [5.74, 6) is -0.0128. The van der Waals surface area contributed by atoms with Gasteiger partial charge in [-0.2, -0.15) is 0 Å². The lowest BCUT2D eigenvalue weighted by atomic mass is 9.88. The molecule has 1 fully saturated rings. The molecule has 0 spiro atoms. The molecule has 1 heterocycles. The van der Waals surface area contributed by atoms with Crippen molar-refractivity contribution in [2.45, 2.75) is 38.3 Å². The Balaban J connectivity index is 2.76. The van der Waals surface area contributed by atoms with E-state index in [2.05, 4.69) is 0 Å². The number of methoxy groups -OCH3 is 2. The van der Waals surface area contributed by atoms with E-state index in [9.17, 15) is 5.11 Å². The summed E-state index contributed by atoms with van der Waals surface area (Å²) in [7, 11) is 3.28. The standard InChI is InChI=1S/C10H20O4/c1-6-8(5-11)10(13-4)9(12-3)7(2)14-6/h6-11H,5H2,1-4H3/t6?,7-,8-,9-,10-/m0/s1. The second kappa shape index (κ2) is 5.07. The Hall–Kier alpha value is -0.160. The average molecular weight is 204 g/mol. The van der Waals surface area contributed by atoms with Crippen LogP contribution in [0.4, 0.5) is 0 Å². The van der Waals surface area contributed by atoms with Gasteiger partial charge >= 0.3 is 0 Å². The SMILES string of the molecule is CO[C@@H]1[C@@H](OC)[C@@H](CO)C(C)O[C@H]1C. The Morgan fingerprint density at radius 2 is 1.64 bits per heavy atom. The molecule has 1 saturated heterocycles. The highest BCUT2D eigenvalue weighted by molar-refractivity contribution is 4.90. The first-order valence-corrected chi connectivity index (χ1v) is 4.97. The van der Waals surface area contributed by atoms with Crippen molar-refractivity contribution in [3.63, 3.8) is 0 Å². The molecule has 0 aromatic rings. The van der Waals surface area contributed by atoms with Crippen LogP contribution in [0.5, 0.6) is 0 Å². The summed E-state index contributed by atoms with van der Waals surface area (Å²) >= 11 is 0. The van der Waals surface area contributed by atoms with Crippen LogP contribution in [0.15, 0.2) is 0 Å². The summed E-state index contributed by atoms with van der Waals surface area (Å²) in [6.45, 7) is 3.98. The second-order valence-corrected chi connectivity index (χ2v) is 3.79. The van der Waals surface area contributed by atoms with Gasteiger partial charge in [0.05, 0.1) is 24.9 Å². The molecular weight excluding hydrogens is 184 g/mol. The van der Waals surface area contributed by atoms with Crippen molar-refractivity contribution in [2.24, 2.45) is 5.92 Å². The Morgan fingerprint density at radius 1 is 1.07 bits per heavy atom. The van der Waals surface area contributed by atoms with E-state index in [4.69, 9.17) is 14.2 Å². The molecule has 0 aromatic carbocycles. The van der Waals surface area contributed by atoms with E-state index in [1.54, 1.807) is 14.2 Å². The van der Waals surface area contributed by atoms with Crippen molar-refractivity contribution in [1.82, 2.24) is 0 Å². The van der Waals surface area contributed by atoms with Crippen LogP contribution in [0.25, 0.3) is 0 Å². The molecular formula is C10H20O4. The second-order valence-electron chi connectivity index (χ2n) is 3.79. The fourth-order valence-electron chi connectivity index (χ4n) is 2.18. The topological polar surface area (TPSA) is 47.9 Å². The number of ether oxygens (including phenoxy) is 3. The van der Waals surface area contributed by atoms with E-state index < -0.39 is 0 Å². The predicted molar refractivity (Wildman–Crippen MR) is 52.2 cm³/mol. The minimum atomic E-state index is -0.103. The minimum Gasteiger partial charge on any atom is -0.396 e. The Kier molecular flexibility index (Phi) is 4.31. The van der Waals surface area contributed by atoms with Crippen molar-refractivity contribution in [2.75, 3.05) is 20.8 Å². The van der Waals surface area contributed by atoms with Crippen LogP contribution in [0.2, 0.25) is 0 Å². The molecule has 1 rings (SSSR count). The third kappa shape index (κ3) is 2.08. The molecule has 0 aromatic heterocycles. The Labute approximate surface area is 85.2 Å². The molecule has 0 radical (unpaired) electrons. The molecule has 1 N–H and O–H groups in total. The monoisotopic (exact) mass is 204 g/mol. The molecule has 1 aliphatic heterocycles. The van der Waals surface area contributed by atoms with Gasteiger partial charge in [0.1, 0.15) is 6.10 Å². The van der Waals surface area contributed by atoms with E-state index in [-0.39, 0.29) is 36.9 Å². The van der Waals surface area contributed by atoms with Crippen molar-refractivity contribution in [3.8, 4) is 0 Å². The van der Waals surface area contributed by atoms with Crippen LogP contribution >= 0.6 is 0 Å². The third-order valence-electron chi connectivity index (χ3n) is 3.00. The van der Waals surface area contributed by atoms with Gasteiger partial charge in [-0.15, -0.1) is 0 Å². The number of hydrogen-bond acceptors (Lipinski definition) is 4. The first-order chi connectivity index (χ1) is 6.65. The molecule has 4 nitrogen and oxygen atoms in total. The largest absolute Gasteiger partial charge is 0.396 e. The van der Waals surface area contributed by atoms with Gasteiger partial charge in [0.15, 0.2) is 0 Å². The van der Waals surface area contributed by atoms with Crippen LogP contribution in [-0.2, 0) is 14.2 Å². The molecule has 0 saturated carbocycles. The van der Waals surface area contributed by atoms with Crippen molar-refractivity contribution < 1.29 is 19.3 Å². The van der Waals surface area contributed by atoms with Crippen molar-refractivity contribution in [3.05, 3.63) is 0 Å². The molecule has 5 atom stereocenters. The summed E-state index contributed by atoms with van der Waals surface area (Å²) in [5.41, 5.74) is 0. The van der Waals surface area contributed by atoms with Gasteiger partial charge in [0, 0.05) is 20.1 Å². The van der Waals surface area contributed by atoms with Gasteiger partial charge in [0.2, 0.25) is 0 Å². The van der Waals surface area contributed by atoms with Gasteiger partial charge in [-0.1, -0.05) is 0 Å². The minimum absolute atomic E-state index is 0.00255. The molecule has 0 bridgehead atoms. The fraction of sp³-hybridized carbons (Fsp3) is 1.00. The summed E-state index contributed by atoms with van der Waals surface area (Å²) < 4.78 is 16.4. The predicted octanol–water partition coefficient (Wildman–Crippen LogP) is 0.432. The highest BCUT2D eigenvalue weighted by Gasteiger charge is 2.42. The summed E-state index contributed by atoms with van der Waals surface area (Å²) in [6.07, 6.45) is -0.189. The maximum absolute atomic E-state index is 9.25. The highest BCUT2D eigenvalue weighted by atomic mass is 16.6. The molecule has 1 aliphatic rings. The Morgan fingerprint density at radius 3 is 2.07 bits per heavy atom. The molecule has 84 valence electrons. The number of aliphatic hydroxyl groups is 1. The van der Waals surface area contributed by atoms with E-state index in [0.29, 0.717) is 0 Å². The normalized spacial score (nSPS) is 43.9. The van der Waals surface area contributed by atoms with Crippen LogP contribution in [0, 0.1) is 5.92 Å². The maximum Gasteiger partial charge on any atom is 0.109 e. The van der Waals surface area contributed by atoms with Crippen LogP contribution in [0.1, 0.15) is 13.8 Å². The average Bonchev–Trinajstić information content (AvgIpc) is 2.16. The number of rotatable bonds is 3. The third-order valence-corrected chi connectivity index (χ3v) is 3.00. The van der Waals surface area contributed by atoms with E-state index in [1.807, 2.05) is 13.8 Å². The molecule has 0 amide bonds. The molecule has 4 heteroatoms. The summed E-state index contributed by atoms with van der Waals surface area (Å²) in [5, 5.41) is 9.25. The van der Waals surface area contributed by atoms with Gasteiger partial charge in [-0.3, -0.25) is 0 Å². The Bertz CT molecular complexity index is 158. The van der Waals surface area contributed by atoms with Crippen LogP contribution < -0.4 is 0 Å². The molecule has 0 aliphatic carbocycles. The summed E-state index contributed by atoms with van der Waals surface area (Å²) in [6, 6.07) is 0. The van der Waals surface area contributed by atoms with E-state index in [1.165, 1.54) is 0 Å². The van der Waals surface area contributed by atoms with Crippen LogP contribution in [-0.4, -0.2) is 50.3 Å². The highest BCUT2D eigenvalue weighted by Crippen LogP contribution is 2.28. The van der Waals surface area contributed by atoms with Gasteiger partial charge in [0.25, 0.3) is 0 Å². The first-order valence-electron chi connectivity index (χ1n) is 4.97. The lowest BCUT2D eigenvalue weighted by Gasteiger charge is -2.43.